The Labute approximate surface area is 118 Å². The standard InChI is InChI=1S/C15H13F2N3O/c1-8(18-13-7-10(16)3-4-11(13)17)9-2-5-12-14(6-9)20-15(21)19-12/h2-8,18H,1H3,(H2,19,20,21). The molecule has 3 aromatic rings. The van der Waals surface area contributed by atoms with E-state index >= 15 is 0 Å². The topological polar surface area (TPSA) is 60.7 Å². The molecule has 21 heavy (non-hydrogen) atoms. The number of imidazole rings is 1. The van der Waals surface area contributed by atoms with Crippen molar-refractivity contribution < 1.29 is 8.78 Å². The third kappa shape index (κ3) is 2.65. The van der Waals surface area contributed by atoms with Crippen LogP contribution in [-0.4, -0.2) is 9.97 Å². The Morgan fingerprint density at radius 3 is 2.62 bits per heavy atom. The van der Waals surface area contributed by atoms with E-state index in [0.29, 0.717) is 11.0 Å². The zero-order valence-electron chi connectivity index (χ0n) is 11.2. The molecule has 1 aromatic heterocycles. The molecule has 108 valence electrons. The number of halogens is 2. The summed E-state index contributed by atoms with van der Waals surface area (Å²) in [5, 5.41) is 2.92. The van der Waals surface area contributed by atoms with Gasteiger partial charge in [0.25, 0.3) is 0 Å². The predicted molar refractivity (Wildman–Crippen MR) is 77.3 cm³/mol. The molecular formula is C15H13F2N3O. The van der Waals surface area contributed by atoms with Gasteiger partial charge < -0.3 is 15.3 Å². The van der Waals surface area contributed by atoms with E-state index in [1.807, 2.05) is 13.0 Å². The highest BCUT2D eigenvalue weighted by molar-refractivity contribution is 5.75. The first-order valence-corrected chi connectivity index (χ1v) is 6.46. The van der Waals surface area contributed by atoms with E-state index in [2.05, 4.69) is 15.3 Å². The van der Waals surface area contributed by atoms with E-state index in [1.54, 1.807) is 12.1 Å². The van der Waals surface area contributed by atoms with E-state index in [-0.39, 0.29) is 17.4 Å². The molecule has 0 saturated carbocycles. The number of aromatic amines is 2. The summed E-state index contributed by atoms with van der Waals surface area (Å²) in [7, 11) is 0. The van der Waals surface area contributed by atoms with Crippen LogP contribution < -0.4 is 11.0 Å². The van der Waals surface area contributed by atoms with Crippen molar-refractivity contribution in [1.29, 1.82) is 0 Å². The van der Waals surface area contributed by atoms with Crippen molar-refractivity contribution in [2.75, 3.05) is 5.32 Å². The Morgan fingerprint density at radius 1 is 1.05 bits per heavy atom. The van der Waals surface area contributed by atoms with Gasteiger partial charge in [-0.25, -0.2) is 13.6 Å². The SMILES string of the molecule is CC(Nc1cc(F)ccc1F)c1ccc2[nH]c(=O)[nH]c2c1. The van der Waals surface area contributed by atoms with Gasteiger partial charge in [-0.1, -0.05) is 6.07 Å². The Kier molecular flexibility index (Phi) is 3.21. The average Bonchev–Trinajstić information content (AvgIpc) is 2.81. The van der Waals surface area contributed by atoms with Crippen molar-refractivity contribution in [3.05, 3.63) is 64.1 Å². The van der Waals surface area contributed by atoms with Crippen LogP contribution in [0.5, 0.6) is 0 Å². The summed E-state index contributed by atoms with van der Waals surface area (Å²) >= 11 is 0. The number of nitrogens with one attached hydrogen (secondary N) is 3. The Bertz CT molecular complexity index is 853. The molecular weight excluding hydrogens is 276 g/mol. The van der Waals surface area contributed by atoms with E-state index in [0.717, 1.165) is 23.8 Å². The Hall–Kier alpha value is -2.63. The van der Waals surface area contributed by atoms with Crippen molar-refractivity contribution in [1.82, 2.24) is 9.97 Å². The molecule has 0 radical (unpaired) electrons. The molecule has 0 amide bonds. The van der Waals surface area contributed by atoms with Crippen LogP contribution >= 0.6 is 0 Å². The van der Waals surface area contributed by atoms with Gasteiger partial charge in [0, 0.05) is 6.04 Å². The molecule has 0 fully saturated rings. The maximum absolute atomic E-state index is 13.6. The first-order chi connectivity index (χ1) is 10.0. The fraction of sp³-hybridized carbons (Fsp3) is 0.133. The van der Waals surface area contributed by atoms with Gasteiger partial charge in [0.1, 0.15) is 11.6 Å². The van der Waals surface area contributed by atoms with Crippen molar-refractivity contribution in [3.8, 4) is 0 Å². The monoisotopic (exact) mass is 289 g/mol. The number of hydrogen-bond acceptors (Lipinski definition) is 2. The highest BCUT2D eigenvalue weighted by atomic mass is 19.1. The van der Waals surface area contributed by atoms with Gasteiger partial charge in [0.05, 0.1) is 16.7 Å². The molecule has 1 atom stereocenters. The van der Waals surface area contributed by atoms with Gasteiger partial charge in [-0.2, -0.15) is 0 Å². The van der Waals surface area contributed by atoms with E-state index in [9.17, 15) is 13.6 Å². The molecule has 0 saturated heterocycles. The lowest BCUT2D eigenvalue weighted by molar-refractivity contribution is 0.600. The highest BCUT2D eigenvalue weighted by Gasteiger charge is 2.10. The van der Waals surface area contributed by atoms with Crippen molar-refractivity contribution in [2.24, 2.45) is 0 Å². The van der Waals surface area contributed by atoms with Crippen LogP contribution in [0.2, 0.25) is 0 Å². The van der Waals surface area contributed by atoms with E-state index < -0.39 is 11.6 Å². The normalized spacial score (nSPS) is 12.5. The summed E-state index contributed by atoms with van der Waals surface area (Å²) in [6.45, 7) is 1.83. The molecule has 0 spiro atoms. The largest absolute Gasteiger partial charge is 0.376 e. The summed E-state index contributed by atoms with van der Waals surface area (Å²) in [5.74, 6) is -1.02. The summed E-state index contributed by atoms with van der Waals surface area (Å²) < 4.78 is 26.8. The molecule has 0 aliphatic rings. The lowest BCUT2D eigenvalue weighted by Gasteiger charge is -2.16. The number of rotatable bonds is 3. The van der Waals surface area contributed by atoms with Crippen molar-refractivity contribution in [2.45, 2.75) is 13.0 Å². The fourth-order valence-corrected chi connectivity index (χ4v) is 2.24. The number of hydrogen-bond donors (Lipinski definition) is 3. The van der Waals surface area contributed by atoms with Gasteiger partial charge in [-0.3, -0.25) is 0 Å². The van der Waals surface area contributed by atoms with Crippen LogP contribution in [0, 0.1) is 11.6 Å². The molecule has 3 N–H and O–H groups in total. The van der Waals surface area contributed by atoms with Crippen LogP contribution in [0.25, 0.3) is 11.0 Å². The molecule has 6 heteroatoms. The zero-order chi connectivity index (χ0) is 15.0. The quantitative estimate of drug-likeness (QED) is 0.692. The second kappa shape index (κ2) is 5.05. The summed E-state index contributed by atoms with van der Waals surface area (Å²) in [6.07, 6.45) is 0. The second-order valence-electron chi connectivity index (χ2n) is 4.87. The first kappa shape index (κ1) is 13.4. The van der Waals surface area contributed by atoms with Crippen molar-refractivity contribution >= 4 is 16.7 Å². The van der Waals surface area contributed by atoms with Crippen LogP contribution in [0.1, 0.15) is 18.5 Å². The van der Waals surface area contributed by atoms with E-state index in [1.165, 1.54) is 0 Å². The molecule has 1 heterocycles. The zero-order valence-corrected chi connectivity index (χ0v) is 11.2. The number of fused-ring (bicyclic) bond motifs is 1. The van der Waals surface area contributed by atoms with Gasteiger partial charge in [0.15, 0.2) is 0 Å². The molecule has 0 aliphatic carbocycles. The van der Waals surface area contributed by atoms with Gasteiger partial charge in [0.2, 0.25) is 0 Å². The molecule has 3 rings (SSSR count). The van der Waals surface area contributed by atoms with Gasteiger partial charge >= 0.3 is 5.69 Å². The lowest BCUT2D eigenvalue weighted by atomic mass is 10.1. The Balaban J connectivity index is 1.90. The van der Waals surface area contributed by atoms with Crippen LogP contribution in [-0.2, 0) is 0 Å². The predicted octanol–water partition coefficient (Wildman–Crippen LogP) is 3.31. The summed E-state index contributed by atoms with van der Waals surface area (Å²) in [6, 6.07) is 8.40. The summed E-state index contributed by atoms with van der Waals surface area (Å²) in [5.41, 5.74) is 2.05. The highest BCUT2D eigenvalue weighted by Crippen LogP contribution is 2.24. The average molecular weight is 289 g/mol. The fourth-order valence-electron chi connectivity index (χ4n) is 2.24. The number of aromatic nitrogens is 2. The summed E-state index contributed by atoms with van der Waals surface area (Å²) in [4.78, 5) is 16.5. The molecule has 4 nitrogen and oxygen atoms in total. The molecule has 0 aliphatic heterocycles. The lowest BCUT2D eigenvalue weighted by Crippen LogP contribution is -2.08. The smallest absolute Gasteiger partial charge is 0.323 e. The van der Waals surface area contributed by atoms with Crippen LogP contribution in [0.3, 0.4) is 0 Å². The molecule has 0 bridgehead atoms. The van der Waals surface area contributed by atoms with E-state index in [4.69, 9.17) is 0 Å². The van der Waals surface area contributed by atoms with Crippen LogP contribution in [0.4, 0.5) is 14.5 Å². The minimum atomic E-state index is -0.514. The number of H-pyrrole nitrogens is 2. The molecule has 1 unspecified atom stereocenters. The van der Waals surface area contributed by atoms with Crippen LogP contribution in [0.15, 0.2) is 41.2 Å². The second-order valence-corrected chi connectivity index (χ2v) is 4.87. The van der Waals surface area contributed by atoms with Crippen molar-refractivity contribution in [3.63, 3.8) is 0 Å². The third-order valence-corrected chi connectivity index (χ3v) is 3.34. The van der Waals surface area contributed by atoms with Gasteiger partial charge in [-0.05, 0) is 42.8 Å². The Morgan fingerprint density at radius 2 is 1.81 bits per heavy atom. The first-order valence-electron chi connectivity index (χ1n) is 6.46. The third-order valence-electron chi connectivity index (χ3n) is 3.34. The van der Waals surface area contributed by atoms with Gasteiger partial charge in [-0.15, -0.1) is 0 Å². The minimum Gasteiger partial charge on any atom is -0.376 e. The number of anilines is 1. The molecule has 2 aromatic carbocycles. The number of benzene rings is 2. The maximum atomic E-state index is 13.6. The maximum Gasteiger partial charge on any atom is 0.323 e. The minimum absolute atomic E-state index is 0.102.